The molecule has 1 amide bonds. The number of carbonyl (C=O) groups excluding carboxylic acids is 1. The zero-order chi connectivity index (χ0) is 33.1. The molecule has 0 aromatic rings. The Morgan fingerprint density at radius 1 is 0.467 bits per heavy atom. The quantitative estimate of drug-likeness (QED) is 0.0509. The molecular formula is C40H81NO4. The van der Waals surface area contributed by atoms with Crippen LogP contribution in [0.2, 0.25) is 0 Å². The number of nitrogens with one attached hydrogen (secondary N) is 1. The molecule has 3 atom stereocenters. The number of rotatable bonds is 37. The molecular weight excluding hydrogens is 558 g/mol. The van der Waals surface area contributed by atoms with E-state index < -0.39 is 18.2 Å². The molecule has 0 spiro atoms. The highest BCUT2D eigenvalue weighted by atomic mass is 16.3. The van der Waals surface area contributed by atoms with E-state index in [-0.39, 0.29) is 18.9 Å². The highest BCUT2D eigenvalue weighted by Crippen LogP contribution is 2.16. The number of amides is 1. The van der Waals surface area contributed by atoms with Gasteiger partial charge in [0, 0.05) is 0 Å². The molecule has 45 heavy (non-hydrogen) atoms. The first-order valence-electron chi connectivity index (χ1n) is 20.3. The van der Waals surface area contributed by atoms with Crippen molar-refractivity contribution in [1.82, 2.24) is 5.32 Å². The third-order valence-corrected chi connectivity index (χ3v) is 9.67. The molecule has 0 heterocycles. The molecule has 3 unspecified atom stereocenters. The second-order valence-corrected chi connectivity index (χ2v) is 14.3. The maximum Gasteiger partial charge on any atom is 0.222 e. The third kappa shape index (κ3) is 33.1. The summed E-state index contributed by atoms with van der Waals surface area (Å²) in [4.78, 5) is 12.4. The molecule has 270 valence electrons. The average molecular weight is 640 g/mol. The lowest BCUT2D eigenvalue weighted by molar-refractivity contribution is -0.125. The molecule has 0 aromatic carbocycles. The number of hydrogen-bond donors (Lipinski definition) is 4. The minimum atomic E-state index is -0.742. The van der Waals surface area contributed by atoms with E-state index in [0.717, 1.165) is 25.7 Å². The van der Waals surface area contributed by atoms with Crippen LogP contribution < -0.4 is 5.32 Å². The van der Waals surface area contributed by atoms with E-state index in [9.17, 15) is 20.1 Å². The predicted molar refractivity (Wildman–Crippen MR) is 195 cm³/mol. The predicted octanol–water partition coefficient (Wildman–Crippen LogP) is 11.1. The number of aliphatic hydroxyl groups excluding tert-OH is 3. The van der Waals surface area contributed by atoms with Gasteiger partial charge in [0.1, 0.15) is 0 Å². The molecule has 0 saturated heterocycles. The molecule has 0 aliphatic heterocycles. The van der Waals surface area contributed by atoms with E-state index in [1.165, 1.54) is 167 Å². The molecule has 0 aliphatic rings. The molecule has 0 fully saturated rings. The molecule has 5 nitrogen and oxygen atoms in total. The summed E-state index contributed by atoms with van der Waals surface area (Å²) < 4.78 is 0. The summed E-state index contributed by atoms with van der Waals surface area (Å²) in [5, 5.41) is 33.2. The van der Waals surface area contributed by atoms with Crippen LogP contribution in [0.15, 0.2) is 0 Å². The van der Waals surface area contributed by atoms with Gasteiger partial charge in [-0.2, -0.15) is 0 Å². The summed E-state index contributed by atoms with van der Waals surface area (Å²) in [5.74, 6) is -0.281. The van der Waals surface area contributed by atoms with Crippen LogP contribution in [0.4, 0.5) is 0 Å². The van der Waals surface area contributed by atoms with Crippen molar-refractivity contribution in [1.29, 1.82) is 0 Å². The van der Waals surface area contributed by atoms with Crippen molar-refractivity contribution in [2.75, 3.05) is 6.61 Å². The number of hydrogen-bond acceptors (Lipinski definition) is 4. The summed E-state index contributed by atoms with van der Waals surface area (Å²) in [6.45, 7) is 4.25. The zero-order valence-electron chi connectivity index (χ0n) is 30.5. The van der Waals surface area contributed by atoms with Gasteiger partial charge in [0.25, 0.3) is 0 Å². The van der Waals surface area contributed by atoms with Crippen molar-refractivity contribution in [3.8, 4) is 0 Å². The smallest absolute Gasteiger partial charge is 0.222 e. The lowest BCUT2D eigenvalue weighted by Crippen LogP contribution is -2.46. The van der Waals surface area contributed by atoms with Crippen LogP contribution in [0.5, 0.6) is 0 Å². The monoisotopic (exact) mass is 640 g/mol. The largest absolute Gasteiger partial charge is 0.394 e. The third-order valence-electron chi connectivity index (χ3n) is 9.67. The fourth-order valence-electron chi connectivity index (χ4n) is 6.52. The molecule has 4 N–H and O–H groups in total. The SMILES string of the molecule is CCCCCCCCCCCCCCCCCCCCCCC(O)C(CO)NC(=O)CC(O)CCCCCCCCCCCC. The lowest BCUT2D eigenvalue weighted by Gasteiger charge is -2.23. The van der Waals surface area contributed by atoms with Gasteiger partial charge in [-0.3, -0.25) is 4.79 Å². The Morgan fingerprint density at radius 2 is 0.756 bits per heavy atom. The lowest BCUT2D eigenvalue weighted by atomic mass is 10.0. The summed E-state index contributed by atoms with van der Waals surface area (Å²) in [6, 6.07) is -0.651. The normalized spacial score (nSPS) is 13.6. The highest BCUT2D eigenvalue weighted by molar-refractivity contribution is 5.76. The van der Waals surface area contributed by atoms with Crippen molar-refractivity contribution < 1.29 is 20.1 Å². The number of aliphatic hydroxyl groups is 3. The standard InChI is InChI=1S/C40H81NO4/c1-3-5-7-9-11-13-15-16-17-18-19-20-21-22-23-24-26-28-30-32-34-39(44)38(36-42)41-40(45)35-37(43)33-31-29-27-25-14-12-10-8-6-4-2/h37-39,42-44H,3-36H2,1-2H3,(H,41,45). The molecule has 0 rings (SSSR count). The van der Waals surface area contributed by atoms with Crippen LogP contribution in [-0.2, 0) is 4.79 Å². The van der Waals surface area contributed by atoms with Gasteiger partial charge in [0.2, 0.25) is 5.91 Å². The molecule has 0 saturated carbocycles. The zero-order valence-corrected chi connectivity index (χ0v) is 30.5. The first-order valence-corrected chi connectivity index (χ1v) is 20.3. The molecule has 0 aromatic heterocycles. The van der Waals surface area contributed by atoms with Crippen molar-refractivity contribution in [2.45, 2.75) is 244 Å². The molecule has 0 aliphatic carbocycles. The summed E-state index contributed by atoms with van der Waals surface area (Å²) in [7, 11) is 0. The van der Waals surface area contributed by atoms with Gasteiger partial charge in [-0.15, -0.1) is 0 Å². The van der Waals surface area contributed by atoms with E-state index in [4.69, 9.17) is 0 Å². The van der Waals surface area contributed by atoms with Crippen LogP contribution in [0.1, 0.15) is 226 Å². The Hall–Kier alpha value is -0.650. The van der Waals surface area contributed by atoms with E-state index >= 15 is 0 Å². The fraction of sp³-hybridized carbons (Fsp3) is 0.975. The molecule has 0 bridgehead atoms. The topological polar surface area (TPSA) is 89.8 Å². The van der Waals surface area contributed by atoms with E-state index in [0.29, 0.717) is 12.8 Å². The van der Waals surface area contributed by atoms with Gasteiger partial charge in [-0.25, -0.2) is 0 Å². The van der Waals surface area contributed by atoms with E-state index in [1.54, 1.807) is 0 Å². The summed E-state index contributed by atoms with van der Waals surface area (Å²) >= 11 is 0. The second kappa shape index (κ2) is 36.2. The number of unbranched alkanes of at least 4 members (excludes halogenated alkanes) is 28. The van der Waals surface area contributed by atoms with Crippen LogP contribution in [0, 0.1) is 0 Å². The van der Waals surface area contributed by atoms with Crippen molar-refractivity contribution in [3.05, 3.63) is 0 Å². The van der Waals surface area contributed by atoms with Crippen molar-refractivity contribution in [2.24, 2.45) is 0 Å². The van der Waals surface area contributed by atoms with E-state index in [2.05, 4.69) is 19.2 Å². The molecule has 0 radical (unpaired) electrons. The van der Waals surface area contributed by atoms with Gasteiger partial charge in [-0.05, 0) is 12.8 Å². The maximum atomic E-state index is 12.4. The summed E-state index contributed by atoms with van der Waals surface area (Å²) in [6.07, 6.45) is 39.2. The van der Waals surface area contributed by atoms with Gasteiger partial charge in [-0.1, -0.05) is 206 Å². The Bertz CT molecular complexity index is 587. The van der Waals surface area contributed by atoms with Gasteiger partial charge in [0.15, 0.2) is 0 Å². The Labute approximate surface area is 281 Å². The Kier molecular flexibility index (Phi) is 35.7. The molecule has 5 heteroatoms. The van der Waals surface area contributed by atoms with Crippen molar-refractivity contribution >= 4 is 5.91 Å². The van der Waals surface area contributed by atoms with Crippen LogP contribution in [0.25, 0.3) is 0 Å². The van der Waals surface area contributed by atoms with E-state index in [1.807, 2.05) is 0 Å². The second-order valence-electron chi connectivity index (χ2n) is 14.3. The number of carbonyl (C=O) groups is 1. The minimum absolute atomic E-state index is 0.0416. The first-order chi connectivity index (χ1) is 22.0. The van der Waals surface area contributed by atoms with Crippen LogP contribution in [-0.4, -0.2) is 46.1 Å². The van der Waals surface area contributed by atoms with Gasteiger partial charge in [0.05, 0.1) is 31.3 Å². The summed E-state index contributed by atoms with van der Waals surface area (Å²) in [5.41, 5.74) is 0. The minimum Gasteiger partial charge on any atom is -0.394 e. The van der Waals surface area contributed by atoms with Crippen LogP contribution >= 0.6 is 0 Å². The fourth-order valence-corrected chi connectivity index (χ4v) is 6.52. The Balaban J connectivity index is 3.57. The van der Waals surface area contributed by atoms with Gasteiger partial charge < -0.3 is 20.6 Å². The van der Waals surface area contributed by atoms with Gasteiger partial charge >= 0.3 is 0 Å². The highest BCUT2D eigenvalue weighted by Gasteiger charge is 2.21. The Morgan fingerprint density at radius 3 is 1.07 bits per heavy atom. The maximum absolute atomic E-state index is 12.4. The first kappa shape index (κ1) is 44.4. The van der Waals surface area contributed by atoms with Crippen molar-refractivity contribution in [3.63, 3.8) is 0 Å². The average Bonchev–Trinajstić information content (AvgIpc) is 3.03. The van der Waals surface area contributed by atoms with Crippen LogP contribution in [0.3, 0.4) is 0 Å².